The Bertz CT molecular complexity index is 1750. The van der Waals surface area contributed by atoms with E-state index >= 15 is 0 Å². The number of aromatic nitrogens is 7. The van der Waals surface area contributed by atoms with Gasteiger partial charge < -0.3 is 4.98 Å². The lowest BCUT2D eigenvalue weighted by Gasteiger charge is -2.14. The fourth-order valence-corrected chi connectivity index (χ4v) is 5.08. The number of H-pyrrole nitrogens is 2. The number of aromatic amines is 2. The Hall–Kier alpha value is -4.50. The summed E-state index contributed by atoms with van der Waals surface area (Å²) in [5, 5.41) is 8.50. The number of nitrogens with zero attached hydrogens (tertiary/aromatic N) is 6. The van der Waals surface area contributed by atoms with Crippen LogP contribution < -0.4 is 0 Å². The van der Waals surface area contributed by atoms with Crippen molar-refractivity contribution in [1.82, 2.24) is 40.0 Å². The molecule has 0 amide bonds. The second-order valence-corrected chi connectivity index (χ2v) is 9.43. The zero-order chi connectivity index (χ0) is 24.8. The summed E-state index contributed by atoms with van der Waals surface area (Å²) in [6.07, 6.45) is 11.5. The third-order valence-corrected chi connectivity index (χ3v) is 6.90. The highest BCUT2D eigenvalue weighted by atomic mass is 19.1. The summed E-state index contributed by atoms with van der Waals surface area (Å²) in [7, 11) is 0. The predicted molar refractivity (Wildman–Crippen MR) is 140 cm³/mol. The Balaban J connectivity index is 1.28. The van der Waals surface area contributed by atoms with Crippen molar-refractivity contribution in [3.8, 4) is 33.9 Å². The fraction of sp³-hybridized carbons (Fsp3) is 0.179. The molecule has 37 heavy (non-hydrogen) atoms. The van der Waals surface area contributed by atoms with Gasteiger partial charge in [0.15, 0.2) is 5.82 Å². The van der Waals surface area contributed by atoms with Crippen molar-refractivity contribution in [2.75, 3.05) is 13.1 Å². The SMILES string of the molecule is Fc1cccc(-c2cncc3[nH]c(-c4n[nH]c5cnc(-c6cncc(CN7CCCC7)c6)cc45)nc23)c1. The van der Waals surface area contributed by atoms with Gasteiger partial charge in [-0.3, -0.25) is 25.0 Å². The van der Waals surface area contributed by atoms with Crippen LogP contribution in [-0.2, 0) is 6.54 Å². The smallest absolute Gasteiger partial charge is 0.159 e. The summed E-state index contributed by atoms with van der Waals surface area (Å²) in [5.74, 6) is 0.299. The molecule has 1 fully saturated rings. The van der Waals surface area contributed by atoms with Gasteiger partial charge in [-0.15, -0.1) is 0 Å². The number of fused-ring (bicyclic) bond motifs is 2. The predicted octanol–water partition coefficient (Wildman–Crippen LogP) is 5.36. The van der Waals surface area contributed by atoms with Crippen LogP contribution in [0.3, 0.4) is 0 Å². The van der Waals surface area contributed by atoms with Crippen LogP contribution >= 0.6 is 0 Å². The summed E-state index contributed by atoms with van der Waals surface area (Å²) >= 11 is 0. The van der Waals surface area contributed by atoms with Gasteiger partial charge in [0.2, 0.25) is 0 Å². The standard InChI is InChI=1S/C28H23FN8/c29-20-5-3-4-18(9-20)22-13-31-14-25-26(22)34-28(33-25)27-21-10-23(32-15-24(21)35-36-27)19-8-17(11-30-12-19)16-37-6-1-2-7-37/h3-5,8-15H,1-2,6-7,16H2,(H,33,34)(H,35,36). The molecule has 6 heterocycles. The van der Waals surface area contributed by atoms with Gasteiger partial charge in [-0.05, 0) is 61.3 Å². The van der Waals surface area contributed by atoms with Gasteiger partial charge in [0.05, 0.1) is 34.6 Å². The van der Waals surface area contributed by atoms with E-state index in [1.54, 1.807) is 24.7 Å². The lowest BCUT2D eigenvalue weighted by molar-refractivity contribution is 0.331. The van der Waals surface area contributed by atoms with Gasteiger partial charge in [0, 0.05) is 41.6 Å². The molecular formula is C28H23FN8. The first kappa shape index (κ1) is 21.8. The zero-order valence-corrected chi connectivity index (χ0v) is 19.9. The summed E-state index contributed by atoms with van der Waals surface area (Å²) in [4.78, 5) is 24.1. The second-order valence-electron chi connectivity index (χ2n) is 9.43. The Morgan fingerprint density at radius 2 is 1.78 bits per heavy atom. The first-order valence-electron chi connectivity index (χ1n) is 12.3. The van der Waals surface area contributed by atoms with Crippen molar-refractivity contribution in [2.24, 2.45) is 0 Å². The van der Waals surface area contributed by atoms with Gasteiger partial charge in [-0.1, -0.05) is 12.1 Å². The minimum Gasteiger partial charge on any atom is -0.335 e. The number of nitrogens with one attached hydrogen (secondary N) is 2. The molecule has 6 aromatic rings. The summed E-state index contributed by atoms with van der Waals surface area (Å²) in [6, 6.07) is 10.6. The van der Waals surface area contributed by atoms with Crippen molar-refractivity contribution >= 4 is 21.9 Å². The van der Waals surface area contributed by atoms with E-state index < -0.39 is 0 Å². The van der Waals surface area contributed by atoms with Crippen LogP contribution in [-0.4, -0.2) is 53.1 Å². The van der Waals surface area contributed by atoms with Crippen LogP contribution in [0.4, 0.5) is 4.39 Å². The molecule has 8 nitrogen and oxygen atoms in total. The van der Waals surface area contributed by atoms with Gasteiger partial charge in [-0.2, -0.15) is 5.10 Å². The van der Waals surface area contributed by atoms with Crippen LogP contribution in [0.15, 0.2) is 67.4 Å². The topological polar surface area (TPSA) is 99.3 Å². The molecule has 1 saturated heterocycles. The molecule has 182 valence electrons. The van der Waals surface area contributed by atoms with Crippen molar-refractivity contribution in [1.29, 1.82) is 0 Å². The maximum absolute atomic E-state index is 13.9. The van der Waals surface area contributed by atoms with Gasteiger partial charge in [0.25, 0.3) is 0 Å². The van der Waals surface area contributed by atoms with E-state index in [2.05, 4.69) is 41.1 Å². The monoisotopic (exact) mass is 490 g/mol. The van der Waals surface area contributed by atoms with Crippen LogP contribution in [0, 0.1) is 5.82 Å². The summed E-state index contributed by atoms with van der Waals surface area (Å²) < 4.78 is 13.9. The molecule has 1 aliphatic heterocycles. The average molecular weight is 491 g/mol. The fourth-order valence-electron chi connectivity index (χ4n) is 5.08. The van der Waals surface area contributed by atoms with Gasteiger partial charge in [-0.25, -0.2) is 9.37 Å². The van der Waals surface area contributed by atoms with Crippen molar-refractivity contribution in [3.05, 3.63) is 78.8 Å². The molecule has 0 atom stereocenters. The van der Waals surface area contributed by atoms with E-state index in [-0.39, 0.29) is 5.82 Å². The maximum atomic E-state index is 13.9. The third-order valence-electron chi connectivity index (χ3n) is 6.90. The van der Waals surface area contributed by atoms with Crippen LogP contribution in [0.25, 0.3) is 55.8 Å². The first-order valence-corrected chi connectivity index (χ1v) is 12.3. The Kier molecular flexibility index (Phi) is 5.21. The van der Waals surface area contributed by atoms with E-state index in [0.717, 1.165) is 58.4 Å². The average Bonchev–Trinajstić information content (AvgIpc) is 3.67. The molecule has 7 rings (SSSR count). The molecule has 1 aliphatic rings. The van der Waals surface area contributed by atoms with Crippen LogP contribution in [0.2, 0.25) is 0 Å². The molecule has 0 aliphatic carbocycles. The number of hydrogen-bond acceptors (Lipinski definition) is 6. The maximum Gasteiger partial charge on any atom is 0.159 e. The number of hydrogen-bond donors (Lipinski definition) is 2. The molecule has 9 heteroatoms. The van der Waals surface area contributed by atoms with Crippen LogP contribution in [0.5, 0.6) is 0 Å². The lowest BCUT2D eigenvalue weighted by atomic mass is 10.1. The number of imidazole rings is 1. The quantitative estimate of drug-likeness (QED) is 0.338. The number of halogens is 1. The first-order chi connectivity index (χ1) is 18.2. The molecule has 5 aromatic heterocycles. The number of benzene rings is 1. The molecular weight excluding hydrogens is 467 g/mol. The van der Waals surface area contributed by atoms with E-state index in [1.165, 1.54) is 30.5 Å². The van der Waals surface area contributed by atoms with Crippen molar-refractivity contribution in [2.45, 2.75) is 19.4 Å². The van der Waals surface area contributed by atoms with Gasteiger partial charge >= 0.3 is 0 Å². The number of likely N-dealkylation sites (tertiary alicyclic amines) is 1. The van der Waals surface area contributed by atoms with Gasteiger partial charge in [0.1, 0.15) is 11.5 Å². The second kappa shape index (κ2) is 8.86. The van der Waals surface area contributed by atoms with Crippen molar-refractivity contribution < 1.29 is 4.39 Å². The number of pyridine rings is 3. The molecule has 0 spiro atoms. The molecule has 0 unspecified atom stereocenters. The highest BCUT2D eigenvalue weighted by molar-refractivity contribution is 5.97. The van der Waals surface area contributed by atoms with E-state index in [9.17, 15) is 4.39 Å². The Morgan fingerprint density at radius 3 is 2.68 bits per heavy atom. The minimum absolute atomic E-state index is 0.303. The molecule has 0 saturated carbocycles. The third kappa shape index (κ3) is 4.03. The lowest BCUT2D eigenvalue weighted by Crippen LogP contribution is -2.18. The molecule has 0 radical (unpaired) electrons. The highest BCUT2D eigenvalue weighted by Crippen LogP contribution is 2.32. The number of rotatable bonds is 5. The minimum atomic E-state index is -0.303. The normalized spacial score (nSPS) is 14.2. The Morgan fingerprint density at radius 1 is 0.892 bits per heavy atom. The van der Waals surface area contributed by atoms with E-state index in [1.807, 2.05) is 24.5 Å². The molecule has 1 aromatic carbocycles. The van der Waals surface area contributed by atoms with E-state index in [4.69, 9.17) is 4.98 Å². The van der Waals surface area contributed by atoms with Crippen LogP contribution in [0.1, 0.15) is 18.4 Å². The highest BCUT2D eigenvalue weighted by Gasteiger charge is 2.17. The summed E-state index contributed by atoms with van der Waals surface area (Å²) in [6.45, 7) is 3.18. The summed E-state index contributed by atoms with van der Waals surface area (Å²) in [5.41, 5.74) is 7.39. The molecule has 2 N–H and O–H groups in total. The van der Waals surface area contributed by atoms with E-state index in [0.29, 0.717) is 17.0 Å². The Labute approximate surface area is 211 Å². The zero-order valence-electron chi connectivity index (χ0n) is 19.9. The largest absolute Gasteiger partial charge is 0.335 e. The van der Waals surface area contributed by atoms with Crippen molar-refractivity contribution in [3.63, 3.8) is 0 Å². The molecule has 0 bridgehead atoms.